The Morgan fingerprint density at radius 3 is 2.68 bits per heavy atom. The van der Waals surface area contributed by atoms with E-state index < -0.39 is 0 Å². The molecular weight excluding hydrogens is 260 g/mol. The van der Waals surface area contributed by atoms with Crippen molar-refractivity contribution in [1.82, 2.24) is 15.0 Å². The molecule has 3 heterocycles. The third-order valence-corrected chi connectivity index (χ3v) is 3.20. The van der Waals surface area contributed by atoms with Crippen LogP contribution in [0.15, 0.2) is 42.9 Å². The molecule has 0 atom stereocenters. The molecule has 3 aromatic heterocycles. The largest absolute Gasteiger partial charge is 0.386 e. The van der Waals surface area contributed by atoms with Crippen molar-refractivity contribution in [3.8, 4) is 11.1 Å². The third-order valence-electron chi connectivity index (χ3n) is 2.90. The number of anilines is 1. The van der Waals surface area contributed by atoms with E-state index in [0.29, 0.717) is 5.15 Å². The maximum Gasteiger partial charge on any atom is 0.159 e. The average molecular weight is 271 g/mol. The number of halogens is 1. The second-order valence-electron chi connectivity index (χ2n) is 4.09. The fraction of sp³-hybridized carbons (Fsp3) is 0.0714. The van der Waals surface area contributed by atoms with E-state index in [-0.39, 0.29) is 0 Å². The van der Waals surface area contributed by atoms with Crippen LogP contribution in [-0.2, 0) is 0 Å². The first-order valence-corrected chi connectivity index (χ1v) is 6.20. The first kappa shape index (κ1) is 11.9. The Hall–Kier alpha value is -2.20. The number of hydrogen-bond donors (Lipinski definition) is 1. The molecule has 3 aromatic rings. The smallest absolute Gasteiger partial charge is 0.159 e. The summed E-state index contributed by atoms with van der Waals surface area (Å²) < 4.78 is 0. The molecule has 3 rings (SSSR count). The number of nitrogens with zero attached hydrogens (tertiary/aromatic N) is 3. The Kier molecular flexibility index (Phi) is 3.01. The van der Waals surface area contributed by atoms with Gasteiger partial charge in [-0.15, -0.1) is 0 Å². The summed E-state index contributed by atoms with van der Waals surface area (Å²) in [5.74, 6) is 0. The standard InChI is InChI=1S/C14H11ClN4/c1-16-12-6-11(7-18-13(12)15)10-5-9-3-2-4-17-14(9)19-8-10/h2-8,16H,1H3. The third kappa shape index (κ3) is 2.22. The van der Waals surface area contributed by atoms with Gasteiger partial charge in [0.25, 0.3) is 0 Å². The Labute approximate surface area is 115 Å². The van der Waals surface area contributed by atoms with Gasteiger partial charge in [-0.05, 0) is 24.3 Å². The highest BCUT2D eigenvalue weighted by Crippen LogP contribution is 2.27. The first-order valence-electron chi connectivity index (χ1n) is 5.82. The van der Waals surface area contributed by atoms with Gasteiger partial charge in [0.1, 0.15) is 0 Å². The molecule has 4 nitrogen and oxygen atoms in total. The van der Waals surface area contributed by atoms with Crippen LogP contribution in [-0.4, -0.2) is 22.0 Å². The van der Waals surface area contributed by atoms with Gasteiger partial charge in [0.2, 0.25) is 0 Å². The normalized spacial score (nSPS) is 10.6. The Bertz CT molecular complexity index is 742. The summed E-state index contributed by atoms with van der Waals surface area (Å²) in [5, 5.41) is 4.48. The molecule has 1 N–H and O–H groups in total. The zero-order valence-electron chi connectivity index (χ0n) is 10.3. The average Bonchev–Trinajstić information content (AvgIpc) is 2.47. The number of pyridine rings is 3. The van der Waals surface area contributed by atoms with Crippen LogP contribution in [0.1, 0.15) is 0 Å². The highest BCUT2D eigenvalue weighted by molar-refractivity contribution is 6.32. The van der Waals surface area contributed by atoms with Gasteiger partial charge in [-0.2, -0.15) is 0 Å². The summed E-state index contributed by atoms with van der Waals surface area (Å²) in [5.41, 5.74) is 3.49. The van der Waals surface area contributed by atoms with Crippen LogP contribution >= 0.6 is 11.6 Å². The lowest BCUT2D eigenvalue weighted by molar-refractivity contribution is 1.27. The molecule has 0 aliphatic rings. The van der Waals surface area contributed by atoms with Crippen LogP contribution < -0.4 is 5.32 Å². The monoisotopic (exact) mass is 270 g/mol. The summed E-state index contributed by atoms with van der Waals surface area (Å²) >= 11 is 5.98. The van der Waals surface area contributed by atoms with Crippen molar-refractivity contribution in [3.05, 3.63) is 48.0 Å². The number of aromatic nitrogens is 3. The summed E-state index contributed by atoms with van der Waals surface area (Å²) in [6, 6.07) is 7.88. The van der Waals surface area contributed by atoms with Crippen molar-refractivity contribution in [2.45, 2.75) is 0 Å². The quantitative estimate of drug-likeness (QED) is 0.725. The van der Waals surface area contributed by atoms with Crippen LogP contribution in [0.25, 0.3) is 22.2 Å². The van der Waals surface area contributed by atoms with Crippen molar-refractivity contribution in [2.24, 2.45) is 0 Å². The van der Waals surface area contributed by atoms with E-state index >= 15 is 0 Å². The number of fused-ring (bicyclic) bond motifs is 1. The van der Waals surface area contributed by atoms with Gasteiger partial charge in [0, 0.05) is 42.2 Å². The molecule has 0 aromatic carbocycles. The second kappa shape index (κ2) is 4.82. The first-order chi connectivity index (χ1) is 9.28. The fourth-order valence-electron chi connectivity index (χ4n) is 1.90. The predicted octanol–water partition coefficient (Wildman–Crippen LogP) is 3.39. The Morgan fingerprint density at radius 1 is 1.05 bits per heavy atom. The lowest BCUT2D eigenvalue weighted by atomic mass is 10.1. The van der Waals surface area contributed by atoms with E-state index in [2.05, 4.69) is 20.3 Å². The van der Waals surface area contributed by atoms with Crippen molar-refractivity contribution in [3.63, 3.8) is 0 Å². The van der Waals surface area contributed by atoms with Crippen molar-refractivity contribution in [1.29, 1.82) is 0 Å². The summed E-state index contributed by atoms with van der Waals surface area (Å²) in [7, 11) is 1.81. The molecule has 0 aliphatic heterocycles. The molecule has 0 radical (unpaired) electrons. The van der Waals surface area contributed by atoms with Crippen LogP contribution in [0.5, 0.6) is 0 Å². The van der Waals surface area contributed by atoms with Crippen molar-refractivity contribution < 1.29 is 0 Å². The summed E-state index contributed by atoms with van der Waals surface area (Å²) in [6.45, 7) is 0. The van der Waals surface area contributed by atoms with Crippen LogP contribution in [0.4, 0.5) is 5.69 Å². The molecule has 0 unspecified atom stereocenters. The molecule has 0 saturated carbocycles. The number of hydrogen-bond acceptors (Lipinski definition) is 4. The molecule has 94 valence electrons. The highest BCUT2D eigenvalue weighted by Gasteiger charge is 2.05. The maximum absolute atomic E-state index is 5.98. The Balaban J connectivity index is 2.13. The second-order valence-corrected chi connectivity index (χ2v) is 4.44. The molecule has 0 amide bonds. The van der Waals surface area contributed by atoms with E-state index in [1.807, 2.05) is 31.3 Å². The maximum atomic E-state index is 5.98. The minimum atomic E-state index is 0.460. The minimum Gasteiger partial charge on any atom is -0.386 e. The molecule has 0 spiro atoms. The minimum absolute atomic E-state index is 0.460. The molecule has 5 heteroatoms. The number of rotatable bonds is 2. The van der Waals surface area contributed by atoms with E-state index in [0.717, 1.165) is 27.8 Å². The SMILES string of the molecule is CNc1cc(-c2cnc3ncccc3c2)cnc1Cl. The lowest BCUT2D eigenvalue weighted by Gasteiger charge is -2.07. The predicted molar refractivity (Wildman–Crippen MR) is 77.3 cm³/mol. The molecular formula is C14H11ClN4. The van der Waals surface area contributed by atoms with Crippen molar-refractivity contribution >= 4 is 28.3 Å². The summed E-state index contributed by atoms with van der Waals surface area (Å²) in [6.07, 6.45) is 5.26. The lowest BCUT2D eigenvalue weighted by Crippen LogP contribution is -1.93. The van der Waals surface area contributed by atoms with Gasteiger partial charge < -0.3 is 5.32 Å². The van der Waals surface area contributed by atoms with Gasteiger partial charge in [-0.3, -0.25) is 0 Å². The summed E-state index contributed by atoms with van der Waals surface area (Å²) in [4.78, 5) is 12.7. The van der Waals surface area contributed by atoms with Gasteiger partial charge in [-0.1, -0.05) is 11.6 Å². The highest BCUT2D eigenvalue weighted by atomic mass is 35.5. The van der Waals surface area contributed by atoms with Gasteiger partial charge in [-0.25, -0.2) is 15.0 Å². The molecule has 0 bridgehead atoms. The molecule has 0 aliphatic carbocycles. The van der Waals surface area contributed by atoms with Gasteiger partial charge in [0.05, 0.1) is 5.69 Å². The van der Waals surface area contributed by atoms with Crippen molar-refractivity contribution in [2.75, 3.05) is 12.4 Å². The van der Waals surface area contributed by atoms with E-state index in [4.69, 9.17) is 11.6 Å². The van der Waals surface area contributed by atoms with E-state index in [9.17, 15) is 0 Å². The van der Waals surface area contributed by atoms with E-state index in [1.54, 1.807) is 18.6 Å². The zero-order chi connectivity index (χ0) is 13.2. The topological polar surface area (TPSA) is 50.7 Å². The van der Waals surface area contributed by atoms with Crippen LogP contribution in [0.3, 0.4) is 0 Å². The van der Waals surface area contributed by atoms with Gasteiger partial charge in [0.15, 0.2) is 10.8 Å². The molecule has 0 fully saturated rings. The van der Waals surface area contributed by atoms with Gasteiger partial charge >= 0.3 is 0 Å². The molecule has 19 heavy (non-hydrogen) atoms. The van der Waals surface area contributed by atoms with E-state index in [1.165, 1.54) is 0 Å². The molecule has 0 saturated heterocycles. The fourth-order valence-corrected chi connectivity index (χ4v) is 2.10. The zero-order valence-corrected chi connectivity index (χ0v) is 11.0. The number of nitrogens with one attached hydrogen (secondary N) is 1. The van der Waals surface area contributed by atoms with Crippen LogP contribution in [0, 0.1) is 0 Å². The van der Waals surface area contributed by atoms with Crippen LogP contribution in [0.2, 0.25) is 5.15 Å². The Morgan fingerprint density at radius 2 is 1.84 bits per heavy atom.